The van der Waals surface area contributed by atoms with Crippen LogP contribution in [0.5, 0.6) is 0 Å². The Balaban J connectivity index is 2.07. The van der Waals surface area contributed by atoms with E-state index in [1.165, 1.54) is 16.8 Å². The first-order chi connectivity index (χ1) is 9.45. The Hall–Kier alpha value is -1.99. The second-order valence-corrected chi connectivity index (χ2v) is 4.70. The first-order valence-electron chi connectivity index (χ1n) is 5.77. The average molecular weight is 299 g/mol. The summed E-state index contributed by atoms with van der Waals surface area (Å²) >= 11 is 5.91. The van der Waals surface area contributed by atoms with Gasteiger partial charge in [0.15, 0.2) is 0 Å². The zero-order valence-electron chi connectivity index (χ0n) is 10.3. The summed E-state index contributed by atoms with van der Waals surface area (Å²) in [5.74, 6) is -1.51. The predicted octanol–water partition coefficient (Wildman–Crippen LogP) is 1.07. The molecule has 2 rings (SSSR count). The van der Waals surface area contributed by atoms with Crippen LogP contribution in [0, 0.1) is 5.82 Å². The molecule has 8 heteroatoms. The van der Waals surface area contributed by atoms with Crippen LogP contribution < -0.4 is 5.73 Å². The number of carboxylic acids is 1. The van der Waals surface area contributed by atoms with Crippen molar-refractivity contribution >= 4 is 17.6 Å². The molecule has 0 radical (unpaired) electrons. The van der Waals surface area contributed by atoms with E-state index in [2.05, 4.69) is 10.3 Å². The van der Waals surface area contributed by atoms with Gasteiger partial charge in [0.25, 0.3) is 0 Å². The Morgan fingerprint density at radius 1 is 1.55 bits per heavy atom. The Bertz CT molecular complexity index is 632. The van der Waals surface area contributed by atoms with Gasteiger partial charge in [-0.1, -0.05) is 22.9 Å². The largest absolute Gasteiger partial charge is 0.480 e. The van der Waals surface area contributed by atoms with Crippen molar-refractivity contribution in [3.63, 3.8) is 0 Å². The molecule has 0 amide bonds. The molecule has 3 N–H and O–H groups in total. The summed E-state index contributed by atoms with van der Waals surface area (Å²) in [5.41, 5.74) is 6.57. The standard InChI is InChI=1S/C12H12ClFN4O2/c13-10-3-8(14)2-1-7(10)5-18-6-9(16-17-18)4-11(15)12(19)20/h1-3,6,11H,4-5,15H2,(H,19,20). The molecular formula is C12H12ClFN4O2. The van der Waals surface area contributed by atoms with Crippen LogP contribution in [0.2, 0.25) is 5.02 Å². The summed E-state index contributed by atoms with van der Waals surface area (Å²) in [6, 6.07) is 3.06. The zero-order valence-corrected chi connectivity index (χ0v) is 11.1. The number of aromatic nitrogens is 3. The van der Waals surface area contributed by atoms with Crippen molar-refractivity contribution in [2.45, 2.75) is 19.0 Å². The quantitative estimate of drug-likeness (QED) is 0.861. The van der Waals surface area contributed by atoms with Gasteiger partial charge in [0.1, 0.15) is 11.9 Å². The van der Waals surface area contributed by atoms with Crippen molar-refractivity contribution in [1.29, 1.82) is 0 Å². The summed E-state index contributed by atoms with van der Waals surface area (Å²) in [5, 5.41) is 16.7. The minimum Gasteiger partial charge on any atom is -0.480 e. The fourth-order valence-electron chi connectivity index (χ4n) is 1.65. The highest BCUT2D eigenvalue weighted by atomic mass is 35.5. The van der Waals surface area contributed by atoms with Gasteiger partial charge in [0.2, 0.25) is 0 Å². The molecular weight excluding hydrogens is 287 g/mol. The van der Waals surface area contributed by atoms with Crippen LogP contribution in [0.4, 0.5) is 4.39 Å². The second-order valence-electron chi connectivity index (χ2n) is 4.29. The molecule has 1 heterocycles. The van der Waals surface area contributed by atoms with Crippen LogP contribution in [0.15, 0.2) is 24.4 Å². The maximum Gasteiger partial charge on any atom is 0.320 e. The number of carbonyl (C=O) groups is 1. The third-order valence-corrected chi connectivity index (χ3v) is 3.03. The molecule has 2 aromatic rings. The Morgan fingerprint density at radius 3 is 2.95 bits per heavy atom. The van der Waals surface area contributed by atoms with Crippen molar-refractivity contribution < 1.29 is 14.3 Å². The van der Waals surface area contributed by atoms with Crippen molar-refractivity contribution in [2.75, 3.05) is 0 Å². The van der Waals surface area contributed by atoms with E-state index in [0.29, 0.717) is 22.8 Å². The van der Waals surface area contributed by atoms with Crippen LogP contribution in [0.1, 0.15) is 11.3 Å². The lowest BCUT2D eigenvalue weighted by Gasteiger charge is -2.04. The Morgan fingerprint density at radius 2 is 2.30 bits per heavy atom. The van der Waals surface area contributed by atoms with Crippen LogP contribution in [0.25, 0.3) is 0 Å². The summed E-state index contributed by atoms with van der Waals surface area (Å²) < 4.78 is 14.4. The monoisotopic (exact) mass is 298 g/mol. The molecule has 20 heavy (non-hydrogen) atoms. The number of aliphatic carboxylic acids is 1. The SMILES string of the molecule is NC(Cc1cn(Cc2ccc(F)cc2Cl)nn1)C(=O)O. The molecule has 1 unspecified atom stereocenters. The van der Waals surface area contributed by atoms with Crippen LogP contribution in [-0.2, 0) is 17.8 Å². The van der Waals surface area contributed by atoms with E-state index in [-0.39, 0.29) is 6.42 Å². The second kappa shape index (κ2) is 5.98. The van der Waals surface area contributed by atoms with Crippen molar-refractivity contribution in [3.8, 4) is 0 Å². The number of carboxylic acid groups (broad SMARTS) is 1. The number of nitrogens with two attached hydrogens (primary N) is 1. The molecule has 0 aliphatic carbocycles. The number of halogens is 2. The fraction of sp³-hybridized carbons (Fsp3) is 0.250. The number of hydrogen-bond donors (Lipinski definition) is 2. The average Bonchev–Trinajstić information content (AvgIpc) is 2.80. The maximum atomic E-state index is 12.9. The van der Waals surface area contributed by atoms with Gasteiger partial charge in [-0.15, -0.1) is 5.10 Å². The minimum absolute atomic E-state index is 0.0898. The number of benzene rings is 1. The van der Waals surface area contributed by atoms with Gasteiger partial charge in [-0.25, -0.2) is 9.07 Å². The third-order valence-electron chi connectivity index (χ3n) is 2.68. The first kappa shape index (κ1) is 14.4. The van der Waals surface area contributed by atoms with Gasteiger partial charge in [-0.2, -0.15) is 0 Å². The lowest BCUT2D eigenvalue weighted by molar-refractivity contribution is -0.138. The molecule has 1 aromatic carbocycles. The molecule has 6 nitrogen and oxygen atoms in total. The minimum atomic E-state index is -1.10. The van der Waals surface area contributed by atoms with Crippen molar-refractivity contribution in [2.24, 2.45) is 5.73 Å². The number of rotatable bonds is 5. The van der Waals surface area contributed by atoms with Crippen molar-refractivity contribution in [3.05, 3.63) is 46.5 Å². The summed E-state index contributed by atoms with van der Waals surface area (Å²) in [4.78, 5) is 10.6. The molecule has 0 fully saturated rings. The molecule has 0 aliphatic heterocycles. The van der Waals surface area contributed by atoms with Crippen molar-refractivity contribution in [1.82, 2.24) is 15.0 Å². The van der Waals surface area contributed by atoms with Gasteiger partial charge in [0, 0.05) is 17.6 Å². The molecule has 106 valence electrons. The van der Waals surface area contributed by atoms with Gasteiger partial charge in [-0.3, -0.25) is 4.79 Å². The molecule has 1 atom stereocenters. The summed E-state index contributed by atoms with van der Waals surface area (Å²) in [6.45, 7) is 0.314. The van der Waals surface area contributed by atoms with Gasteiger partial charge in [0.05, 0.1) is 12.2 Å². The van der Waals surface area contributed by atoms with Gasteiger partial charge < -0.3 is 10.8 Å². The molecule has 0 saturated carbocycles. The highest BCUT2D eigenvalue weighted by Gasteiger charge is 2.14. The number of hydrogen-bond acceptors (Lipinski definition) is 4. The van der Waals surface area contributed by atoms with E-state index in [9.17, 15) is 9.18 Å². The molecule has 1 aromatic heterocycles. The lowest BCUT2D eigenvalue weighted by Crippen LogP contribution is -2.32. The normalized spacial score (nSPS) is 12.3. The topological polar surface area (TPSA) is 94.0 Å². The molecule has 0 saturated heterocycles. The van der Waals surface area contributed by atoms with Gasteiger partial charge in [-0.05, 0) is 17.7 Å². The third kappa shape index (κ3) is 3.52. The van der Waals surface area contributed by atoms with E-state index in [1.807, 2.05) is 0 Å². The van der Waals surface area contributed by atoms with Crippen LogP contribution in [0.3, 0.4) is 0 Å². The van der Waals surface area contributed by atoms with E-state index in [0.717, 1.165) is 0 Å². The van der Waals surface area contributed by atoms with E-state index >= 15 is 0 Å². The maximum absolute atomic E-state index is 12.9. The smallest absolute Gasteiger partial charge is 0.320 e. The summed E-state index contributed by atoms with van der Waals surface area (Å²) in [7, 11) is 0. The van der Waals surface area contributed by atoms with Gasteiger partial charge >= 0.3 is 5.97 Å². The molecule has 0 bridgehead atoms. The van der Waals surface area contributed by atoms with E-state index in [1.54, 1.807) is 12.3 Å². The summed E-state index contributed by atoms with van der Waals surface area (Å²) in [6.07, 6.45) is 1.68. The number of nitrogens with zero attached hydrogens (tertiary/aromatic N) is 3. The first-order valence-corrected chi connectivity index (χ1v) is 6.15. The highest BCUT2D eigenvalue weighted by molar-refractivity contribution is 6.31. The van der Waals surface area contributed by atoms with E-state index in [4.69, 9.17) is 22.4 Å². The fourth-order valence-corrected chi connectivity index (χ4v) is 1.87. The highest BCUT2D eigenvalue weighted by Crippen LogP contribution is 2.18. The zero-order chi connectivity index (χ0) is 14.7. The molecule has 0 aliphatic rings. The van der Waals surface area contributed by atoms with Crippen LogP contribution in [-0.4, -0.2) is 32.1 Å². The molecule has 0 spiro atoms. The van der Waals surface area contributed by atoms with E-state index < -0.39 is 17.8 Å². The Labute approximate surface area is 119 Å². The predicted molar refractivity (Wildman–Crippen MR) is 69.8 cm³/mol. The Kier molecular flexibility index (Phi) is 4.31. The van der Waals surface area contributed by atoms with Crippen LogP contribution >= 0.6 is 11.6 Å². The lowest BCUT2D eigenvalue weighted by atomic mass is 10.2.